The minimum absolute atomic E-state index is 0.173. The Morgan fingerprint density at radius 3 is 2.88 bits per heavy atom. The second-order valence-corrected chi connectivity index (χ2v) is 7.80. The molecule has 1 saturated heterocycles. The normalized spacial score (nSPS) is 23.4. The number of thioether (sulfide) groups is 1. The summed E-state index contributed by atoms with van der Waals surface area (Å²) in [5, 5.41) is 20.6. The Morgan fingerprint density at radius 1 is 1.24 bits per heavy atom. The van der Waals surface area contributed by atoms with Crippen LogP contribution in [0.5, 0.6) is 0 Å². The van der Waals surface area contributed by atoms with Crippen molar-refractivity contribution in [2.75, 3.05) is 5.75 Å². The molecule has 0 spiro atoms. The number of fused-ring (bicyclic) bond motifs is 1. The van der Waals surface area contributed by atoms with Crippen molar-refractivity contribution in [1.29, 1.82) is 0 Å². The van der Waals surface area contributed by atoms with Crippen LogP contribution in [0.4, 0.5) is 0 Å². The third-order valence-corrected chi connectivity index (χ3v) is 6.16. The van der Waals surface area contributed by atoms with E-state index in [9.17, 15) is 10.2 Å². The average molecular weight is 376 g/mol. The van der Waals surface area contributed by atoms with Gasteiger partial charge in [0.2, 0.25) is 0 Å². The molecule has 3 aromatic rings. The summed E-state index contributed by atoms with van der Waals surface area (Å²) in [7, 11) is 0. The van der Waals surface area contributed by atoms with Gasteiger partial charge in [0, 0.05) is 23.2 Å². The Bertz CT molecular complexity index is 901. The Hall–Kier alpha value is -1.60. The predicted octanol–water partition coefficient (Wildman–Crippen LogP) is 2.68. The molecule has 2 N–H and O–H groups in total. The van der Waals surface area contributed by atoms with E-state index in [2.05, 4.69) is 16.0 Å². The van der Waals surface area contributed by atoms with Crippen LogP contribution < -0.4 is 0 Å². The van der Waals surface area contributed by atoms with Crippen molar-refractivity contribution in [3.63, 3.8) is 0 Å². The lowest BCUT2D eigenvalue weighted by Gasteiger charge is -2.15. The first-order valence-corrected chi connectivity index (χ1v) is 9.59. The highest BCUT2D eigenvalue weighted by molar-refractivity contribution is 7.99. The van der Waals surface area contributed by atoms with Crippen LogP contribution in [-0.2, 0) is 12.8 Å². The second kappa shape index (κ2) is 6.96. The highest BCUT2D eigenvalue weighted by atomic mass is 35.5. The van der Waals surface area contributed by atoms with Gasteiger partial charge in [-0.25, -0.2) is 4.98 Å². The number of benzene rings is 1. The first-order chi connectivity index (χ1) is 12.1. The van der Waals surface area contributed by atoms with E-state index in [0.29, 0.717) is 5.75 Å². The number of rotatable bonds is 4. The second-order valence-electron chi connectivity index (χ2n) is 6.19. The molecule has 3 atom stereocenters. The lowest BCUT2D eigenvalue weighted by molar-refractivity contribution is 0.0411. The average Bonchev–Trinajstić information content (AvgIpc) is 3.17. The molecule has 0 saturated carbocycles. The molecular formula is C18H18ClN3O2S. The summed E-state index contributed by atoms with van der Waals surface area (Å²) >= 11 is 7.60. The number of halogens is 1. The molecule has 0 amide bonds. The number of hydrogen-bond acceptors (Lipinski definition) is 5. The van der Waals surface area contributed by atoms with Crippen molar-refractivity contribution < 1.29 is 10.2 Å². The molecule has 0 aliphatic carbocycles. The fraction of sp³-hybridized carbons (Fsp3) is 0.333. The molecule has 1 aromatic carbocycles. The fourth-order valence-corrected chi connectivity index (χ4v) is 4.73. The maximum Gasteiger partial charge on any atom is 0.158 e. The summed E-state index contributed by atoms with van der Waals surface area (Å²) in [5.74, 6) is 0.534. The zero-order chi connectivity index (χ0) is 17.4. The van der Waals surface area contributed by atoms with Gasteiger partial charge < -0.3 is 10.2 Å². The molecule has 4 rings (SSSR count). The first kappa shape index (κ1) is 16.8. The molecule has 5 nitrogen and oxygen atoms in total. The summed E-state index contributed by atoms with van der Waals surface area (Å²) in [6, 6.07) is 7.83. The molecule has 1 aliphatic heterocycles. The maximum absolute atomic E-state index is 10.2. The number of hydrogen-bond donors (Lipinski definition) is 2. The van der Waals surface area contributed by atoms with Crippen molar-refractivity contribution in [2.24, 2.45) is 0 Å². The third kappa shape index (κ3) is 3.27. The minimum atomic E-state index is -0.770. The SMILES string of the molecule is O[C@@H]1[C@H](O)CS[C@H]1c1cnc2c(CCc3cccc(Cl)c3)nccn12. The lowest BCUT2D eigenvalue weighted by Crippen LogP contribution is -2.25. The van der Waals surface area contributed by atoms with Crippen molar-refractivity contribution >= 4 is 29.0 Å². The smallest absolute Gasteiger partial charge is 0.158 e. The largest absolute Gasteiger partial charge is 0.390 e. The minimum Gasteiger partial charge on any atom is -0.390 e. The molecule has 2 aromatic heterocycles. The first-order valence-electron chi connectivity index (χ1n) is 8.16. The van der Waals surface area contributed by atoms with Gasteiger partial charge in [0.1, 0.15) is 0 Å². The zero-order valence-electron chi connectivity index (χ0n) is 13.4. The summed E-state index contributed by atoms with van der Waals surface area (Å²) in [6.45, 7) is 0. The molecule has 0 radical (unpaired) electrons. The molecule has 1 fully saturated rings. The van der Waals surface area contributed by atoms with Crippen molar-refractivity contribution in [3.8, 4) is 0 Å². The number of aliphatic hydroxyl groups excluding tert-OH is 2. The van der Waals surface area contributed by atoms with Gasteiger partial charge in [-0.2, -0.15) is 0 Å². The van der Waals surface area contributed by atoms with Crippen molar-refractivity contribution in [1.82, 2.24) is 14.4 Å². The van der Waals surface area contributed by atoms with Gasteiger partial charge in [0.25, 0.3) is 0 Å². The van der Waals surface area contributed by atoms with Gasteiger partial charge >= 0.3 is 0 Å². The van der Waals surface area contributed by atoms with Gasteiger partial charge in [0.15, 0.2) is 5.65 Å². The van der Waals surface area contributed by atoms with E-state index in [0.717, 1.165) is 40.5 Å². The lowest BCUT2D eigenvalue weighted by atomic mass is 10.1. The van der Waals surface area contributed by atoms with Crippen LogP contribution in [-0.4, -0.2) is 42.5 Å². The highest BCUT2D eigenvalue weighted by Crippen LogP contribution is 2.40. The van der Waals surface area contributed by atoms with Gasteiger partial charge in [-0.05, 0) is 30.5 Å². The quantitative estimate of drug-likeness (QED) is 0.733. The highest BCUT2D eigenvalue weighted by Gasteiger charge is 2.37. The Labute approximate surface area is 154 Å². The summed E-state index contributed by atoms with van der Waals surface area (Å²) < 4.78 is 1.97. The van der Waals surface area contributed by atoms with E-state index in [1.54, 1.807) is 24.2 Å². The molecule has 7 heteroatoms. The summed E-state index contributed by atoms with van der Waals surface area (Å²) in [5.41, 5.74) is 3.77. The number of aryl methyl sites for hydroxylation is 2. The summed E-state index contributed by atoms with van der Waals surface area (Å²) in [6.07, 6.45) is 5.52. The Morgan fingerprint density at radius 2 is 2.12 bits per heavy atom. The Balaban J connectivity index is 1.61. The van der Waals surface area contributed by atoms with Crippen LogP contribution in [0.15, 0.2) is 42.9 Å². The number of aliphatic hydroxyl groups is 2. The van der Waals surface area contributed by atoms with Crippen LogP contribution >= 0.6 is 23.4 Å². The fourth-order valence-electron chi connectivity index (χ4n) is 3.20. The van der Waals surface area contributed by atoms with E-state index in [1.807, 2.05) is 28.8 Å². The van der Waals surface area contributed by atoms with Crippen molar-refractivity contribution in [3.05, 3.63) is 64.8 Å². The molecule has 25 heavy (non-hydrogen) atoms. The predicted molar refractivity (Wildman–Crippen MR) is 99.1 cm³/mol. The number of aromatic nitrogens is 3. The van der Waals surface area contributed by atoms with Crippen LogP contribution in [0.2, 0.25) is 5.02 Å². The van der Waals surface area contributed by atoms with E-state index < -0.39 is 12.2 Å². The van der Waals surface area contributed by atoms with Gasteiger partial charge in [0.05, 0.1) is 35.0 Å². The van der Waals surface area contributed by atoms with Crippen LogP contribution in [0.1, 0.15) is 22.2 Å². The molecule has 1 aliphatic rings. The topological polar surface area (TPSA) is 70.7 Å². The van der Waals surface area contributed by atoms with E-state index in [1.165, 1.54) is 0 Å². The third-order valence-electron chi connectivity index (χ3n) is 4.51. The Kier molecular flexibility index (Phi) is 4.69. The molecule has 0 bridgehead atoms. The summed E-state index contributed by atoms with van der Waals surface area (Å²) in [4.78, 5) is 9.00. The standard InChI is InChI=1S/C18H18ClN3O2S/c19-12-3-1-2-11(8-12)4-5-13-18-21-9-14(22(18)7-6-20-13)17-16(24)15(23)10-25-17/h1-3,6-9,15-17,23-24H,4-5,10H2/t15-,16-,17+/m1/s1. The van der Waals surface area contributed by atoms with Crippen molar-refractivity contribution in [2.45, 2.75) is 30.3 Å². The zero-order valence-corrected chi connectivity index (χ0v) is 15.0. The molecule has 0 unspecified atom stereocenters. The molecule has 130 valence electrons. The van der Waals surface area contributed by atoms with E-state index in [4.69, 9.17) is 11.6 Å². The van der Waals surface area contributed by atoms with E-state index in [-0.39, 0.29) is 5.25 Å². The van der Waals surface area contributed by atoms with Gasteiger partial charge in [-0.15, -0.1) is 11.8 Å². The maximum atomic E-state index is 10.2. The van der Waals surface area contributed by atoms with Crippen LogP contribution in [0, 0.1) is 0 Å². The number of imidazole rings is 1. The van der Waals surface area contributed by atoms with Crippen LogP contribution in [0.25, 0.3) is 5.65 Å². The van der Waals surface area contributed by atoms with Gasteiger partial charge in [-0.1, -0.05) is 23.7 Å². The molecular weight excluding hydrogens is 358 g/mol. The molecule has 3 heterocycles. The monoisotopic (exact) mass is 375 g/mol. The van der Waals surface area contributed by atoms with Crippen LogP contribution in [0.3, 0.4) is 0 Å². The number of nitrogens with zero attached hydrogens (tertiary/aromatic N) is 3. The van der Waals surface area contributed by atoms with Gasteiger partial charge in [-0.3, -0.25) is 9.38 Å². The van der Waals surface area contributed by atoms with E-state index >= 15 is 0 Å².